The molecule has 0 saturated heterocycles. The van der Waals surface area contributed by atoms with Crippen LogP contribution in [-0.2, 0) is 37.2 Å². The van der Waals surface area contributed by atoms with Crippen LogP contribution in [0.3, 0.4) is 0 Å². The fourth-order valence-corrected chi connectivity index (χ4v) is 4.08. The Morgan fingerprint density at radius 3 is 2.45 bits per heavy atom. The molecule has 0 N–H and O–H groups in total. The van der Waals surface area contributed by atoms with Crippen molar-refractivity contribution in [3.8, 4) is 5.75 Å². The van der Waals surface area contributed by atoms with E-state index in [1.165, 1.54) is 5.56 Å². The van der Waals surface area contributed by atoms with Gasteiger partial charge in [0.1, 0.15) is 11.7 Å². The highest BCUT2D eigenvalue weighted by Crippen LogP contribution is 2.38. The number of hydrogen-bond acceptors (Lipinski definition) is 5. The van der Waals surface area contributed by atoms with Crippen molar-refractivity contribution in [3.05, 3.63) is 58.1 Å². The normalized spacial score (nSPS) is 18.8. The van der Waals surface area contributed by atoms with Crippen LogP contribution in [0, 0.1) is 5.92 Å². The van der Waals surface area contributed by atoms with Gasteiger partial charge in [-0.05, 0) is 35.6 Å². The lowest BCUT2D eigenvalue weighted by Gasteiger charge is -2.28. The van der Waals surface area contributed by atoms with Crippen molar-refractivity contribution >= 4 is 21.9 Å². The molecule has 0 spiro atoms. The monoisotopic (exact) mass is 462 g/mol. The average molecular weight is 463 g/mol. The number of allylic oxidation sites excluding steroid dienone is 2. The summed E-state index contributed by atoms with van der Waals surface area (Å²) in [6.45, 7) is 4.40. The Bertz CT molecular complexity index is 824. The summed E-state index contributed by atoms with van der Waals surface area (Å²) >= 11 is 3.57. The Morgan fingerprint density at radius 1 is 1.21 bits per heavy atom. The van der Waals surface area contributed by atoms with Gasteiger partial charge in [-0.2, -0.15) is 0 Å². The Kier molecular flexibility index (Phi) is 7.59. The van der Waals surface area contributed by atoms with Crippen LogP contribution >= 0.6 is 15.9 Å². The zero-order chi connectivity index (χ0) is 20.8. The van der Waals surface area contributed by atoms with Gasteiger partial charge in [-0.25, -0.2) is 4.79 Å². The lowest BCUT2D eigenvalue weighted by atomic mass is 9.92. The number of halogens is 1. The molecule has 29 heavy (non-hydrogen) atoms. The van der Waals surface area contributed by atoms with Gasteiger partial charge in [0.25, 0.3) is 0 Å². The number of alkyl halides is 1. The summed E-state index contributed by atoms with van der Waals surface area (Å²) in [6.07, 6.45) is 6.82. The van der Waals surface area contributed by atoms with Gasteiger partial charge >= 0.3 is 0 Å². The molecule has 2 atom stereocenters. The molecule has 3 rings (SSSR count). The summed E-state index contributed by atoms with van der Waals surface area (Å²) in [6, 6.07) is 4.36. The minimum absolute atomic E-state index is 0.0979. The molecule has 2 unspecified atom stereocenters. The van der Waals surface area contributed by atoms with E-state index in [9.17, 15) is 4.79 Å². The van der Waals surface area contributed by atoms with Gasteiger partial charge in [-0.15, -0.1) is 0 Å². The highest BCUT2D eigenvalue weighted by molar-refractivity contribution is 9.08. The van der Waals surface area contributed by atoms with Crippen molar-refractivity contribution in [2.24, 2.45) is 5.92 Å². The highest BCUT2D eigenvalue weighted by Gasteiger charge is 2.36. The van der Waals surface area contributed by atoms with Crippen LogP contribution in [0.15, 0.2) is 41.4 Å². The van der Waals surface area contributed by atoms with Gasteiger partial charge in [-0.3, -0.25) is 0 Å². The van der Waals surface area contributed by atoms with Crippen LogP contribution in [-0.4, -0.2) is 26.1 Å². The summed E-state index contributed by atoms with van der Waals surface area (Å²) in [4.78, 5) is 11.7. The molecule has 2 aliphatic rings. The molecule has 1 heterocycles. The van der Waals surface area contributed by atoms with Gasteiger partial charge in [-0.1, -0.05) is 60.8 Å². The number of aryl methyl sites for hydroxylation is 2. The summed E-state index contributed by atoms with van der Waals surface area (Å²) in [7, 11) is 1.59. The molecule has 0 amide bonds. The number of benzene rings is 1. The first-order chi connectivity index (χ1) is 14.2. The fraction of sp³-hybridized carbons (Fsp3) is 0.478. The maximum atomic E-state index is 11.7. The molecular weight excluding hydrogens is 436 g/mol. The van der Waals surface area contributed by atoms with E-state index in [1.54, 1.807) is 13.2 Å². The smallest absolute Gasteiger partial charge is 0.231 e. The van der Waals surface area contributed by atoms with Gasteiger partial charge < -0.3 is 18.9 Å². The molecule has 1 aromatic carbocycles. The average Bonchev–Trinajstić information content (AvgIpc) is 3.21. The van der Waals surface area contributed by atoms with Crippen molar-refractivity contribution in [1.82, 2.24) is 0 Å². The summed E-state index contributed by atoms with van der Waals surface area (Å²) in [5.74, 6) is 3.41. The Morgan fingerprint density at radius 2 is 1.90 bits per heavy atom. The standard InChI is InChI=1S/C23H27BrO5/c1-4-6-16-10-15(12-24)11-17(7-5-2)21(16)29-23(26-3)18-8-9-20-22(19(18)13-25)28-14-27-20/h8-11,18,23H,4-7,12,14H2,1-3H3. The molecular formula is C23H27BrO5. The van der Waals surface area contributed by atoms with Gasteiger partial charge in [0.15, 0.2) is 11.5 Å². The number of hydrogen-bond donors (Lipinski definition) is 0. The Hall–Kier alpha value is -2.01. The summed E-state index contributed by atoms with van der Waals surface area (Å²) in [5, 5.41) is 0.798. The third-order valence-electron chi connectivity index (χ3n) is 5.04. The van der Waals surface area contributed by atoms with Crippen molar-refractivity contribution < 1.29 is 23.7 Å². The van der Waals surface area contributed by atoms with Crippen molar-refractivity contribution in [2.45, 2.75) is 51.2 Å². The first kappa shape index (κ1) is 21.7. The van der Waals surface area contributed by atoms with E-state index >= 15 is 0 Å². The van der Waals surface area contributed by atoms with Crippen LogP contribution < -0.4 is 4.74 Å². The van der Waals surface area contributed by atoms with E-state index in [4.69, 9.17) is 18.9 Å². The highest BCUT2D eigenvalue weighted by atomic mass is 79.9. The number of methoxy groups -OCH3 is 1. The molecule has 0 bridgehead atoms. The third-order valence-corrected chi connectivity index (χ3v) is 5.69. The molecule has 1 aliphatic heterocycles. The van der Waals surface area contributed by atoms with Crippen LogP contribution in [0.25, 0.3) is 0 Å². The topological polar surface area (TPSA) is 54.0 Å². The minimum atomic E-state index is -0.679. The predicted octanol–water partition coefficient (Wildman–Crippen LogP) is 5.00. The maximum Gasteiger partial charge on any atom is 0.231 e. The summed E-state index contributed by atoms with van der Waals surface area (Å²) < 4.78 is 23.0. The van der Waals surface area contributed by atoms with Crippen molar-refractivity contribution in [1.29, 1.82) is 0 Å². The van der Waals surface area contributed by atoms with E-state index in [0.717, 1.165) is 47.9 Å². The van der Waals surface area contributed by atoms with Crippen molar-refractivity contribution in [3.63, 3.8) is 0 Å². The zero-order valence-corrected chi connectivity index (χ0v) is 18.7. The van der Waals surface area contributed by atoms with Gasteiger partial charge in [0.05, 0.1) is 11.5 Å². The number of carbonyl (C=O) groups excluding carboxylic acids is 1. The second-order valence-corrected chi connectivity index (χ2v) is 7.66. The Labute approximate surface area is 180 Å². The third kappa shape index (κ3) is 4.61. The second kappa shape index (κ2) is 10.1. The number of ether oxygens (including phenoxy) is 4. The van der Waals surface area contributed by atoms with E-state index in [-0.39, 0.29) is 6.79 Å². The minimum Gasteiger partial charge on any atom is -0.463 e. The lowest BCUT2D eigenvalue weighted by molar-refractivity contribution is -0.0736. The fourth-order valence-electron chi connectivity index (χ4n) is 3.75. The molecule has 0 aromatic heterocycles. The van der Waals surface area contributed by atoms with E-state index in [2.05, 4.69) is 41.9 Å². The van der Waals surface area contributed by atoms with E-state index in [1.807, 2.05) is 12.0 Å². The first-order valence-corrected chi connectivity index (χ1v) is 11.1. The maximum absolute atomic E-state index is 11.7. The van der Waals surface area contributed by atoms with E-state index in [0.29, 0.717) is 17.1 Å². The van der Waals surface area contributed by atoms with Crippen LogP contribution in [0.1, 0.15) is 43.4 Å². The molecule has 0 fully saturated rings. The second-order valence-electron chi connectivity index (χ2n) is 7.10. The number of rotatable bonds is 9. The Balaban J connectivity index is 1.96. The SMILES string of the molecule is CCCc1cc(CBr)cc(CCC)c1OC(OC)C1C=CC2=C(OCO2)C1=C=O. The molecule has 0 saturated carbocycles. The van der Waals surface area contributed by atoms with Gasteiger partial charge in [0, 0.05) is 12.4 Å². The predicted molar refractivity (Wildman–Crippen MR) is 114 cm³/mol. The van der Waals surface area contributed by atoms with Crippen molar-refractivity contribution in [2.75, 3.05) is 13.9 Å². The zero-order valence-electron chi connectivity index (χ0n) is 17.1. The molecule has 1 aromatic rings. The molecule has 0 radical (unpaired) electrons. The molecule has 6 heteroatoms. The molecule has 156 valence electrons. The largest absolute Gasteiger partial charge is 0.463 e. The summed E-state index contributed by atoms with van der Waals surface area (Å²) in [5.41, 5.74) is 3.91. The van der Waals surface area contributed by atoms with Crippen LogP contribution in [0.5, 0.6) is 5.75 Å². The van der Waals surface area contributed by atoms with Gasteiger partial charge in [0.2, 0.25) is 13.1 Å². The first-order valence-electron chi connectivity index (χ1n) is 10.00. The molecule has 5 nitrogen and oxygen atoms in total. The lowest BCUT2D eigenvalue weighted by Crippen LogP contribution is -2.32. The van der Waals surface area contributed by atoms with Crippen LogP contribution in [0.4, 0.5) is 0 Å². The van der Waals surface area contributed by atoms with E-state index < -0.39 is 12.2 Å². The van der Waals surface area contributed by atoms with Crippen LogP contribution in [0.2, 0.25) is 0 Å². The molecule has 1 aliphatic carbocycles. The quantitative estimate of drug-likeness (QED) is 0.293.